The summed E-state index contributed by atoms with van der Waals surface area (Å²) in [6.07, 6.45) is 24.8. The molecule has 0 unspecified atom stereocenters. The van der Waals surface area contributed by atoms with Gasteiger partial charge in [0.05, 0.1) is 0 Å². The third-order valence-electron chi connectivity index (χ3n) is 6.42. The van der Waals surface area contributed by atoms with Crippen molar-refractivity contribution in [2.45, 2.75) is 25.7 Å². The fourth-order valence-corrected chi connectivity index (χ4v) is 4.43. The molecule has 0 amide bonds. The molecular formula is C38H32Cl2Zr2-2. The normalized spacial score (nSPS) is 12.1. The zero-order chi connectivity index (χ0) is 28.4. The fourth-order valence-electron chi connectivity index (χ4n) is 4.43. The van der Waals surface area contributed by atoms with Crippen molar-refractivity contribution >= 4 is 32.7 Å². The molecule has 4 aliphatic carbocycles. The standard InChI is InChI=1S/4C9H7.2CH2.2ClH.2Zr/c4*1-2-5-9-7-3-6-8(9)4-1;;;;;;/h4*1-2,4-6H,7H2;2*1H2;2*1H;;/q4*-1;;;;;2*+2/p-2. The number of halogens is 2. The molecule has 42 heavy (non-hydrogen) atoms. The van der Waals surface area contributed by atoms with Gasteiger partial charge in [-0.1, -0.05) is 72.8 Å². The molecule has 0 bridgehead atoms. The molecule has 4 aromatic carbocycles. The van der Waals surface area contributed by atoms with Crippen LogP contribution in [0.15, 0.2) is 97.1 Å². The van der Waals surface area contributed by atoms with Crippen LogP contribution in [0.4, 0.5) is 0 Å². The summed E-state index contributed by atoms with van der Waals surface area (Å²) in [4.78, 5) is 0. The second-order valence-electron chi connectivity index (χ2n) is 8.90. The summed E-state index contributed by atoms with van der Waals surface area (Å²) in [6, 6.07) is 33.6. The van der Waals surface area contributed by atoms with E-state index in [0.29, 0.717) is 0 Å². The van der Waals surface area contributed by atoms with E-state index in [4.69, 9.17) is 0 Å². The largest absolute Gasteiger partial charge is 1.00 e. The van der Waals surface area contributed by atoms with Crippen molar-refractivity contribution in [2.24, 2.45) is 0 Å². The smallest absolute Gasteiger partial charge is 1.00 e. The quantitative estimate of drug-likeness (QED) is 0.243. The molecule has 0 aliphatic heterocycles. The van der Waals surface area contributed by atoms with Crippen molar-refractivity contribution in [3.05, 3.63) is 166 Å². The topological polar surface area (TPSA) is 0 Å². The molecule has 0 aromatic heterocycles. The van der Waals surface area contributed by atoms with Gasteiger partial charge in [-0.05, 0) is 0 Å². The predicted molar refractivity (Wildman–Crippen MR) is 166 cm³/mol. The van der Waals surface area contributed by atoms with Crippen LogP contribution >= 0.6 is 0 Å². The molecule has 4 aliphatic rings. The Kier molecular flexibility index (Phi) is 20.3. The minimum atomic E-state index is 0. The molecule has 8 rings (SSSR count). The van der Waals surface area contributed by atoms with Crippen LogP contribution < -0.4 is 24.8 Å². The van der Waals surface area contributed by atoms with E-state index >= 15 is 0 Å². The molecule has 0 spiro atoms. The Balaban J connectivity index is 0.000000265. The molecule has 4 aromatic rings. The van der Waals surface area contributed by atoms with E-state index in [1.165, 1.54) is 93.0 Å². The van der Waals surface area contributed by atoms with E-state index < -0.39 is 0 Å². The first-order chi connectivity index (χ1) is 19.9. The summed E-state index contributed by atoms with van der Waals surface area (Å²) in [6.45, 7) is 0. The number of hydrogen-bond acceptors (Lipinski definition) is 0. The maximum absolute atomic E-state index is 3.34. The summed E-state index contributed by atoms with van der Waals surface area (Å²) in [7, 11) is 0. The zero-order valence-electron chi connectivity index (χ0n) is 23.5. The summed E-state index contributed by atoms with van der Waals surface area (Å²) in [5.41, 5.74) is 10.9. The maximum Gasteiger partial charge on any atom is -1.00 e. The molecule has 0 saturated heterocycles. The van der Waals surface area contributed by atoms with Gasteiger partial charge in [-0.25, -0.2) is 24.3 Å². The minimum absolute atomic E-state index is 0. The van der Waals surface area contributed by atoms with E-state index in [-0.39, 0.29) is 24.8 Å². The summed E-state index contributed by atoms with van der Waals surface area (Å²) < 4.78 is 6.68. The molecule has 0 nitrogen and oxygen atoms in total. The minimum Gasteiger partial charge on any atom is -1.00 e. The Morgan fingerprint density at radius 2 is 0.548 bits per heavy atom. The molecule has 0 N–H and O–H groups in total. The van der Waals surface area contributed by atoms with Gasteiger partial charge in [0.25, 0.3) is 0 Å². The van der Waals surface area contributed by atoms with Gasteiger partial charge < -0.3 is 24.8 Å². The molecule has 208 valence electrons. The first kappa shape index (κ1) is 38.0. The van der Waals surface area contributed by atoms with Crippen LogP contribution in [-0.2, 0) is 74.2 Å². The van der Waals surface area contributed by atoms with Gasteiger partial charge in [-0.3, -0.25) is 24.3 Å². The Hall–Kier alpha value is -2.07. The maximum atomic E-state index is 3.34. The third-order valence-corrected chi connectivity index (χ3v) is 6.42. The number of benzene rings is 4. The van der Waals surface area contributed by atoms with Gasteiger partial charge in [0.2, 0.25) is 0 Å². The van der Waals surface area contributed by atoms with E-state index in [9.17, 15) is 0 Å². The number of fused-ring (bicyclic) bond motifs is 4. The summed E-state index contributed by atoms with van der Waals surface area (Å²) >= 11 is 2.60. The van der Waals surface area contributed by atoms with Crippen molar-refractivity contribution in [1.82, 2.24) is 0 Å². The second-order valence-corrected chi connectivity index (χ2v) is 8.90. The Morgan fingerprint density at radius 1 is 0.357 bits per heavy atom. The SMILES string of the molecule is [C-]1=Cc2ccccc2C1.[C-]1=Cc2ccccc2C1.[C-]1=Cc2ccccc2C1.[C-]1=Cc2ccccc2C1.[CH2]=[Zr+2].[CH2]=[Zr+2].[Cl-].[Cl-]. The van der Waals surface area contributed by atoms with Crippen molar-refractivity contribution in [1.29, 1.82) is 0 Å². The third kappa shape index (κ3) is 11.9. The van der Waals surface area contributed by atoms with Crippen molar-refractivity contribution in [3.63, 3.8) is 0 Å². The van der Waals surface area contributed by atoms with Crippen molar-refractivity contribution < 1.29 is 73.3 Å². The van der Waals surface area contributed by atoms with Crippen LogP contribution in [0.1, 0.15) is 44.5 Å². The summed E-state index contributed by atoms with van der Waals surface area (Å²) in [5, 5.41) is 0. The molecule has 0 heterocycles. The van der Waals surface area contributed by atoms with Gasteiger partial charge >= 0.3 is 56.9 Å². The van der Waals surface area contributed by atoms with Crippen molar-refractivity contribution in [2.75, 3.05) is 0 Å². The van der Waals surface area contributed by atoms with Gasteiger partial charge in [0, 0.05) is 0 Å². The van der Waals surface area contributed by atoms with Crippen molar-refractivity contribution in [3.8, 4) is 0 Å². The van der Waals surface area contributed by atoms with Crippen LogP contribution in [0.3, 0.4) is 0 Å². The average Bonchev–Trinajstić information content (AvgIpc) is 3.86. The van der Waals surface area contributed by atoms with E-state index in [0.717, 1.165) is 25.7 Å². The Bertz CT molecular complexity index is 1260. The molecule has 0 fully saturated rings. The van der Waals surface area contributed by atoms with E-state index in [2.05, 4.69) is 154 Å². The van der Waals surface area contributed by atoms with Crippen LogP contribution in [0.2, 0.25) is 0 Å². The van der Waals surface area contributed by atoms with E-state index in [1.807, 2.05) is 0 Å². The van der Waals surface area contributed by atoms with Crippen LogP contribution in [0, 0.1) is 24.3 Å². The molecule has 0 saturated carbocycles. The fraction of sp³-hybridized carbons (Fsp3) is 0.105. The molecule has 4 heteroatoms. The molecule has 0 radical (unpaired) electrons. The predicted octanol–water partition coefficient (Wildman–Crippen LogP) is 2.17. The molecule has 0 atom stereocenters. The van der Waals surface area contributed by atoms with Gasteiger partial charge in [-0.15, -0.1) is 72.2 Å². The number of allylic oxidation sites excluding steroid dienone is 4. The summed E-state index contributed by atoms with van der Waals surface area (Å²) in [5.74, 6) is 0. The first-order valence-corrected chi connectivity index (χ1v) is 16.6. The number of rotatable bonds is 0. The molecular weight excluding hydrogens is 710 g/mol. The van der Waals surface area contributed by atoms with Crippen LogP contribution in [0.5, 0.6) is 0 Å². The van der Waals surface area contributed by atoms with Gasteiger partial charge in [0.1, 0.15) is 0 Å². The average molecular weight is 742 g/mol. The van der Waals surface area contributed by atoms with Gasteiger partial charge in [0.15, 0.2) is 0 Å². The van der Waals surface area contributed by atoms with Gasteiger partial charge in [-0.2, -0.15) is 22.3 Å². The van der Waals surface area contributed by atoms with Crippen LogP contribution in [-0.4, -0.2) is 8.42 Å². The number of hydrogen-bond donors (Lipinski definition) is 0. The van der Waals surface area contributed by atoms with E-state index in [1.54, 1.807) is 0 Å². The zero-order valence-corrected chi connectivity index (χ0v) is 30.0. The van der Waals surface area contributed by atoms with Crippen LogP contribution in [0.25, 0.3) is 24.3 Å². The first-order valence-electron chi connectivity index (χ1n) is 13.2. The Labute approximate surface area is 294 Å². The monoisotopic (exact) mass is 738 g/mol. The second kappa shape index (κ2) is 22.5. The Morgan fingerprint density at radius 3 is 0.738 bits per heavy atom.